The normalized spacial score (nSPS) is 15.2. The minimum absolute atomic E-state index is 0.500. The van der Waals surface area contributed by atoms with Crippen molar-refractivity contribution in [2.45, 2.75) is 38.0 Å². The molecule has 24 heavy (non-hydrogen) atoms. The predicted molar refractivity (Wildman–Crippen MR) is 93.4 cm³/mol. The highest BCUT2D eigenvalue weighted by atomic mass is 19.1. The van der Waals surface area contributed by atoms with Gasteiger partial charge in [-0.2, -0.15) is 4.39 Å². The van der Waals surface area contributed by atoms with Crippen molar-refractivity contribution < 1.29 is 9.31 Å². The molecule has 0 atom stereocenters. The highest BCUT2D eigenvalue weighted by molar-refractivity contribution is 5.64. The number of anilines is 2. The summed E-state index contributed by atoms with van der Waals surface area (Å²) in [6.45, 7) is 0. The lowest BCUT2D eigenvalue weighted by Gasteiger charge is -2.24. The van der Waals surface area contributed by atoms with E-state index in [4.69, 9.17) is 0 Å². The van der Waals surface area contributed by atoms with Gasteiger partial charge in [-0.25, -0.2) is 0 Å². The van der Waals surface area contributed by atoms with Gasteiger partial charge in [-0.1, -0.05) is 31.4 Å². The zero-order valence-electron chi connectivity index (χ0n) is 13.7. The van der Waals surface area contributed by atoms with E-state index < -0.39 is 16.4 Å². The Morgan fingerprint density at radius 2 is 1.67 bits per heavy atom. The molecule has 0 aliphatic heterocycles. The molecule has 4 nitrogen and oxygen atoms in total. The first-order chi connectivity index (χ1) is 11.6. The van der Waals surface area contributed by atoms with Crippen LogP contribution in [0.3, 0.4) is 0 Å². The molecule has 2 aromatic carbocycles. The largest absolute Gasteiger partial charge is 0.345 e. The number of benzene rings is 2. The summed E-state index contributed by atoms with van der Waals surface area (Å²) in [4.78, 5) is 11.8. The Kier molecular flexibility index (Phi) is 4.79. The quantitative estimate of drug-likeness (QED) is 0.546. The molecule has 1 aliphatic rings. The van der Waals surface area contributed by atoms with Crippen molar-refractivity contribution in [2.24, 2.45) is 0 Å². The Morgan fingerprint density at radius 3 is 2.25 bits per heavy atom. The Hall–Kier alpha value is -2.43. The molecule has 3 rings (SSSR count). The molecule has 0 radical (unpaired) electrons. The zero-order valence-corrected chi connectivity index (χ0v) is 13.7. The average molecular weight is 328 g/mol. The number of halogens is 1. The van der Waals surface area contributed by atoms with Gasteiger partial charge < -0.3 is 4.90 Å². The van der Waals surface area contributed by atoms with Gasteiger partial charge in [-0.15, -0.1) is 0 Å². The summed E-state index contributed by atoms with van der Waals surface area (Å²) in [5.41, 5.74) is 2.38. The van der Waals surface area contributed by atoms with Gasteiger partial charge in [0.15, 0.2) is 0 Å². The van der Waals surface area contributed by atoms with Gasteiger partial charge in [0.2, 0.25) is 5.82 Å². The minimum Gasteiger partial charge on any atom is -0.345 e. The fourth-order valence-electron chi connectivity index (χ4n) is 3.41. The topological polar surface area (TPSA) is 46.4 Å². The molecule has 0 aromatic heterocycles. The van der Waals surface area contributed by atoms with Crippen molar-refractivity contribution in [3.63, 3.8) is 0 Å². The molecule has 0 N–H and O–H groups in total. The Bertz CT molecular complexity index is 725. The summed E-state index contributed by atoms with van der Waals surface area (Å²) < 4.78 is 13.8. The number of nitrogens with zero attached hydrogens (tertiary/aromatic N) is 2. The second-order valence-electron chi connectivity index (χ2n) is 6.38. The van der Waals surface area contributed by atoms with Gasteiger partial charge in [-0.3, -0.25) is 10.1 Å². The van der Waals surface area contributed by atoms with E-state index in [2.05, 4.69) is 12.1 Å². The van der Waals surface area contributed by atoms with Crippen molar-refractivity contribution in [3.05, 3.63) is 64.0 Å². The maximum absolute atomic E-state index is 13.8. The molecule has 5 heteroatoms. The van der Waals surface area contributed by atoms with Crippen LogP contribution >= 0.6 is 0 Å². The van der Waals surface area contributed by atoms with Crippen molar-refractivity contribution in [1.29, 1.82) is 0 Å². The minimum atomic E-state index is -0.817. The molecule has 1 aliphatic carbocycles. The maximum Gasteiger partial charge on any atom is 0.304 e. The fourth-order valence-corrected chi connectivity index (χ4v) is 3.41. The molecule has 1 saturated carbocycles. The van der Waals surface area contributed by atoms with Crippen LogP contribution in [0.1, 0.15) is 43.6 Å². The van der Waals surface area contributed by atoms with E-state index in [-0.39, 0.29) is 0 Å². The molecule has 0 saturated heterocycles. The van der Waals surface area contributed by atoms with Crippen molar-refractivity contribution in [2.75, 3.05) is 11.9 Å². The van der Waals surface area contributed by atoms with Gasteiger partial charge in [-0.05, 0) is 42.5 Å². The lowest BCUT2D eigenvalue weighted by molar-refractivity contribution is -0.387. The van der Waals surface area contributed by atoms with Gasteiger partial charge in [0, 0.05) is 30.6 Å². The second-order valence-corrected chi connectivity index (χ2v) is 6.38. The first-order valence-electron chi connectivity index (χ1n) is 8.34. The van der Waals surface area contributed by atoms with Crippen molar-refractivity contribution in [1.82, 2.24) is 0 Å². The monoisotopic (exact) mass is 328 g/mol. The summed E-state index contributed by atoms with van der Waals surface area (Å²) >= 11 is 0. The summed E-state index contributed by atoms with van der Waals surface area (Å²) in [6.07, 6.45) is 6.44. The molecule has 2 aromatic rings. The number of nitro groups is 1. The van der Waals surface area contributed by atoms with E-state index in [1.54, 1.807) is 6.07 Å². The molecule has 1 fully saturated rings. The highest BCUT2D eigenvalue weighted by Gasteiger charge is 2.17. The van der Waals surface area contributed by atoms with Crippen LogP contribution in [-0.2, 0) is 0 Å². The van der Waals surface area contributed by atoms with Crippen LogP contribution in [0.2, 0.25) is 0 Å². The number of hydrogen-bond acceptors (Lipinski definition) is 3. The maximum atomic E-state index is 13.8. The molecular formula is C19H21FN2O2. The predicted octanol–water partition coefficient (Wildman–Crippen LogP) is 5.55. The van der Waals surface area contributed by atoms with Gasteiger partial charge in [0.25, 0.3) is 0 Å². The molecule has 0 amide bonds. The first-order valence-corrected chi connectivity index (χ1v) is 8.34. The van der Waals surface area contributed by atoms with E-state index >= 15 is 0 Å². The van der Waals surface area contributed by atoms with Gasteiger partial charge in [0.1, 0.15) is 0 Å². The number of hydrogen-bond donors (Lipinski definition) is 0. The van der Waals surface area contributed by atoms with Crippen LogP contribution in [0.4, 0.5) is 21.5 Å². The smallest absolute Gasteiger partial charge is 0.304 e. The number of rotatable bonds is 4. The molecule has 0 heterocycles. The van der Waals surface area contributed by atoms with Crippen LogP contribution in [-0.4, -0.2) is 12.0 Å². The standard InChI is InChI=1S/C19H21FN2O2/c1-21(17-11-12-19(22(23)24)18(20)13-17)16-9-7-15(8-10-16)14-5-3-2-4-6-14/h7-14H,2-6H2,1H3. The molecular weight excluding hydrogens is 307 g/mol. The Morgan fingerprint density at radius 1 is 1.04 bits per heavy atom. The van der Waals surface area contributed by atoms with E-state index in [9.17, 15) is 14.5 Å². The van der Waals surface area contributed by atoms with Crippen LogP contribution in [0.25, 0.3) is 0 Å². The second kappa shape index (κ2) is 6.99. The van der Waals surface area contributed by atoms with Gasteiger partial charge >= 0.3 is 5.69 Å². The van der Waals surface area contributed by atoms with Crippen molar-refractivity contribution >= 4 is 17.1 Å². The highest BCUT2D eigenvalue weighted by Crippen LogP contribution is 2.34. The Balaban J connectivity index is 1.78. The lowest BCUT2D eigenvalue weighted by atomic mass is 9.84. The van der Waals surface area contributed by atoms with Crippen LogP contribution in [0, 0.1) is 15.9 Å². The van der Waals surface area contributed by atoms with E-state index in [1.807, 2.05) is 24.1 Å². The summed E-state index contributed by atoms with van der Waals surface area (Å²) in [5.74, 6) is -0.168. The van der Waals surface area contributed by atoms with E-state index in [1.165, 1.54) is 49.8 Å². The van der Waals surface area contributed by atoms with E-state index in [0.717, 1.165) is 5.69 Å². The third-order valence-electron chi connectivity index (χ3n) is 4.87. The lowest BCUT2D eigenvalue weighted by Crippen LogP contribution is -2.10. The fraction of sp³-hybridized carbons (Fsp3) is 0.368. The van der Waals surface area contributed by atoms with Crippen LogP contribution in [0.15, 0.2) is 42.5 Å². The third kappa shape index (κ3) is 3.40. The van der Waals surface area contributed by atoms with Crippen LogP contribution in [0.5, 0.6) is 0 Å². The zero-order chi connectivity index (χ0) is 17.1. The number of nitro benzene ring substituents is 1. The van der Waals surface area contributed by atoms with E-state index in [0.29, 0.717) is 11.6 Å². The molecule has 0 unspecified atom stereocenters. The SMILES string of the molecule is CN(c1ccc(C2CCCCC2)cc1)c1ccc([N+](=O)[O-])c(F)c1. The summed E-state index contributed by atoms with van der Waals surface area (Å²) in [6, 6.07) is 12.3. The molecule has 0 bridgehead atoms. The molecule has 126 valence electrons. The summed E-state index contributed by atoms with van der Waals surface area (Å²) in [7, 11) is 1.83. The summed E-state index contributed by atoms with van der Waals surface area (Å²) in [5, 5.41) is 10.7. The third-order valence-corrected chi connectivity index (χ3v) is 4.87. The average Bonchev–Trinajstić information content (AvgIpc) is 2.61. The van der Waals surface area contributed by atoms with Crippen LogP contribution < -0.4 is 4.90 Å². The van der Waals surface area contributed by atoms with Gasteiger partial charge in [0.05, 0.1) is 4.92 Å². The molecule has 0 spiro atoms. The first kappa shape index (κ1) is 16.4. The van der Waals surface area contributed by atoms with Crippen molar-refractivity contribution in [3.8, 4) is 0 Å². The Labute approximate surface area is 141 Å².